The molecule has 0 spiro atoms. The molecule has 30 heavy (non-hydrogen) atoms. The van der Waals surface area contributed by atoms with Gasteiger partial charge in [-0.25, -0.2) is 4.79 Å². The van der Waals surface area contributed by atoms with Gasteiger partial charge in [-0.1, -0.05) is 18.2 Å². The summed E-state index contributed by atoms with van der Waals surface area (Å²) in [5.41, 5.74) is -0.481. The van der Waals surface area contributed by atoms with Crippen LogP contribution in [0.4, 0.5) is 4.79 Å². The first-order chi connectivity index (χ1) is 13.8. The van der Waals surface area contributed by atoms with Crippen molar-refractivity contribution < 1.29 is 13.7 Å². The molecule has 1 saturated carbocycles. The monoisotopic (exact) mass is 550 g/mol. The number of ether oxygens (including phenoxy) is 1. The summed E-state index contributed by atoms with van der Waals surface area (Å²) in [4.78, 5) is 17.0. The van der Waals surface area contributed by atoms with Gasteiger partial charge in [-0.3, -0.25) is 9.20 Å². The first-order valence-electron chi connectivity index (χ1n) is 10.2. The Morgan fingerprint density at radius 1 is 1.10 bits per heavy atom. The number of hydrogen-bond acceptors (Lipinski definition) is 4. The number of alkyl carbamates (subject to hydrolysis) is 1. The zero-order chi connectivity index (χ0) is 21.3. The fraction of sp³-hybridized carbons (Fsp3) is 0.619. The predicted octanol–water partition coefficient (Wildman–Crippen LogP) is 3.41. The molecule has 1 aliphatic carbocycles. The second kappa shape index (κ2) is 13.1. The number of amides is 1. The summed E-state index contributed by atoms with van der Waals surface area (Å²) in [5.74, 6) is 1.25. The van der Waals surface area contributed by atoms with Gasteiger partial charge in [0.05, 0.1) is 10.8 Å². The van der Waals surface area contributed by atoms with Crippen molar-refractivity contribution in [1.29, 1.82) is 0 Å². The highest BCUT2D eigenvalue weighted by atomic mass is 127. The van der Waals surface area contributed by atoms with Crippen LogP contribution in [0, 0.1) is 0 Å². The maximum absolute atomic E-state index is 12.3. The van der Waals surface area contributed by atoms with Gasteiger partial charge in [0, 0.05) is 36.3 Å². The minimum absolute atomic E-state index is 0. The Balaban J connectivity index is 0.00000450. The van der Waals surface area contributed by atoms with E-state index in [1.54, 1.807) is 7.05 Å². The van der Waals surface area contributed by atoms with Crippen LogP contribution in [0.1, 0.15) is 46.5 Å². The third-order valence-corrected chi connectivity index (χ3v) is 5.97. The molecule has 3 N–H and O–H groups in total. The van der Waals surface area contributed by atoms with Crippen LogP contribution in [0.3, 0.4) is 0 Å². The highest BCUT2D eigenvalue weighted by Crippen LogP contribution is 2.19. The van der Waals surface area contributed by atoms with Crippen LogP contribution in [0.25, 0.3) is 0 Å². The van der Waals surface area contributed by atoms with E-state index in [1.165, 1.54) is 0 Å². The maximum Gasteiger partial charge on any atom is 0.407 e. The average Bonchev–Trinajstić information content (AvgIpc) is 2.67. The molecule has 1 aromatic rings. The zero-order valence-electron chi connectivity index (χ0n) is 18.3. The summed E-state index contributed by atoms with van der Waals surface area (Å²) >= 11 is 0. The first kappa shape index (κ1) is 26.7. The highest BCUT2D eigenvalue weighted by molar-refractivity contribution is 14.0. The number of carbonyl (C=O) groups is 1. The van der Waals surface area contributed by atoms with Gasteiger partial charge in [0.15, 0.2) is 5.96 Å². The van der Waals surface area contributed by atoms with Gasteiger partial charge in [0.1, 0.15) is 5.60 Å². The van der Waals surface area contributed by atoms with Gasteiger partial charge in [-0.2, -0.15) is 0 Å². The summed E-state index contributed by atoms with van der Waals surface area (Å²) in [5, 5.41) is 9.63. The van der Waals surface area contributed by atoms with Crippen molar-refractivity contribution >= 4 is 46.8 Å². The topological polar surface area (TPSA) is 91.8 Å². The second-order valence-corrected chi connectivity index (χ2v) is 9.77. The third kappa shape index (κ3) is 10.1. The number of benzene rings is 1. The first-order valence-corrected chi connectivity index (χ1v) is 11.5. The number of rotatable bonds is 6. The van der Waals surface area contributed by atoms with Crippen LogP contribution >= 0.6 is 24.0 Å². The van der Waals surface area contributed by atoms with Crippen molar-refractivity contribution in [3.05, 3.63) is 30.3 Å². The van der Waals surface area contributed by atoms with Crippen molar-refractivity contribution in [3.8, 4) is 0 Å². The van der Waals surface area contributed by atoms with Gasteiger partial charge < -0.3 is 20.7 Å². The van der Waals surface area contributed by atoms with E-state index in [0.29, 0.717) is 18.3 Å². The van der Waals surface area contributed by atoms with Crippen molar-refractivity contribution in [2.45, 2.75) is 69.0 Å². The fourth-order valence-corrected chi connectivity index (χ4v) is 4.18. The summed E-state index contributed by atoms with van der Waals surface area (Å²) in [6.45, 7) is 6.17. The molecule has 0 radical (unpaired) electrons. The van der Waals surface area contributed by atoms with Crippen molar-refractivity contribution in [2.24, 2.45) is 4.99 Å². The smallest absolute Gasteiger partial charge is 0.407 e. The third-order valence-electron chi connectivity index (χ3n) is 4.60. The van der Waals surface area contributed by atoms with E-state index in [1.807, 2.05) is 51.1 Å². The molecule has 2 rings (SSSR count). The lowest BCUT2D eigenvalue weighted by atomic mass is 9.91. The summed E-state index contributed by atoms with van der Waals surface area (Å²) < 4.78 is 17.6. The number of nitrogens with zero attached hydrogens (tertiary/aromatic N) is 1. The molecule has 1 atom stereocenters. The van der Waals surface area contributed by atoms with Crippen molar-refractivity contribution in [3.63, 3.8) is 0 Å². The Bertz CT molecular complexity index is 702. The molecular formula is C21H35IN4O3S. The minimum atomic E-state index is -1.02. The lowest BCUT2D eigenvalue weighted by Crippen LogP contribution is -2.48. The Morgan fingerprint density at radius 2 is 1.67 bits per heavy atom. The van der Waals surface area contributed by atoms with Gasteiger partial charge >= 0.3 is 6.09 Å². The lowest BCUT2D eigenvalue weighted by Gasteiger charge is -2.31. The van der Waals surface area contributed by atoms with Crippen LogP contribution in [0.15, 0.2) is 40.2 Å². The quantitative estimate of drug-likeness (QED) is 0.287. The molecular weight excluding hydrogens is 515 g/mol. The van der Waals surface area contributed by atoms with E-state index in [-0.39, 0.29) is 36.1 Å². The van der Waals surface area contributed by atoms with Crippen molar-refractivity contribution in [1.82, 2.24) is 16.0 Å². The molecule has 1 amide bonds. The van der Waals surface area contributed by atoms with E-state index in [9.17, 15) is 9.00 Å². The average molecular weight is 551 g/mol. The summed E-state index contributed by atoms with van der Waals surface area (Å²) in [6, 6.07) is 9.93. The van der Waals surface area contributed by atoms with Crippen molar-refractivity contribution in [2.75, 3.05) is 19.3 Å². The molecule has 1 aliphatic rings. The van der Waals surface area contributed by atoms with E-state index in [0.717, 1.165) is 36.5 Å². The number of halogens is 1. The SMILES string of the molecule is CN=C(NCCS(=O)c1ccccc1)NC1CCC(NC(=O)OC(C)(C)C)CC1.I. The standard InChI is InChI=1S/C21H34N4O3S.HI/c1-21(2,3)28-20(26)25-17-12-10-16(11-13-17)24-19(22-4)23-14-15-29(27)18-8-6-5-7-9-18;/h5-9,16-17H,10-15H2,1-4H3,(H,25,26)(H2,22,23,24);1H. The zero-order valence-corrected chi connectivity index (χ0v) is 21.4. The number of nitrogens with one attached hydrogen (secondary N) is 3. The molecule has 1 unspecified atom stereocenters. The number of hydrogen-bond donors (Lipinski definition) is 3. The molecule has 1 fully saturated rings. The van der Waals surface area contributed by atoms with E-state index in [2.05, 4.69) is 20.9 Å². The fourth-order valence-electron chi connectivity index (χ4n) is 3.20. The second-order valence-electron chi connectivity index (χ2n) is 8.20. The van der Waals surface area contributed by atoms with Gasteiger partial charge in [0.25, 0.3) is 0 Å². The van der Waals surface area contributed by atoms with Crippen LogP contribution in [0.2, 0.25) is 0 Å². The predicted molar refractivity (Wildman–Crippen MR) is 133 cm³/mol. The Labute approximate surface area is 199 Å². The Kier molecular flexibility index (Phi) is 11.7. The van der Waals surface area contributed by atoms with Gasteiger partial charge in [0.2, 0.25) is 0 Å². The minimum Gasteiger partial charge on any atom is -0.444 e. The maximum atomic E-state index is 12.3. The number of aliphatic imine (C=N–C) groups is 1. The molecule has 0 bridgehead atoms. The van der Waals surface area contributed by atoms with Crippen LogP contribution in [-0.2, 0) is 15.5 Å². The van der Waals surface area contributed by atoms with Crippen LogP contribution < -0.4 is 16.0 Å². The molecule has 7 nitrogen and oxygen atoms in total. The Morgan fingerprint density at radius 3 is 2.20 bits per heavy atom. The molecule has 0 heterocycles. The van der Waals surface area contributed by atoms with Gasteiger partial charge in [-0.15, -0.1) is 24.0 Å². The van der Waals surface area contributed by atoms with E-state index >= 15 is 0 Å². The molecule has 0 saturated heterocycles. The largest absolute Gasteiger partial charge is 0.444 e. The molecule has 0 aromatic heterocycles. The Hall–Kier alpha value is -1.36. The molecule has 0 aliphatic heterocycles. The molecule has 9 heteroatoms. The van der Waals surface area contributed by atoms with E-state index in [4.69, 9.17) is 4.74 Å². The van der Waals surface area contributed by atoms with E-state index < -0.39 is 16.4 Å². The number of guanidine groups is 1. The normalized spacial score (nSPS) is 20.5. The molecule has 1 aromatic carbocycles. The molecule has 170 valence electrons. The summed E-state index contributed by atoms with van der Waals surface area (Å²) in [7, 11) is 0.711. The summed E-state index contributed by atoms with van der Waals surface area (Å²) in [6.07, 6.45) is 3.32. The van der Waals surface area contributed by atoms with Crippen LogP contribution in [0.5, 0.6) is 0 Å². The lowest BCUT2D eigenvalue weighted by molar-refractivity contribution is 0.0490. The number of carbonyl (C=O) groups excluding carboxylic acids is 1. The van der Waals surface area contributed by atoms with Gasteiger partial charge in [-0.05, 0) is 58.6 Å². The highest BCUT2D eigenvalue weighted by Gasteiger charge is 2.25. The van der Waals surface area contributed by atoms with Crippen LogP contribution in [-0.4, -0.2) is 53.3 Å².